The van der Waals surface area contributed by atoms with E-state index < -0.39 is 0 Å². The molecular weight excluding hydrogens is 270 g/mol. The van der Waals surface area contributed by atoms with Crippen molar-refractivity contribution in [1.29, 1.82) is 0 Å². The Hall–Kier alpha value is -1.22. The molecule has 20 heavy (non-hydrogen) atoms. The fourth-order valence-corrected chi connectivity index (χ4v) is 2.40. The van der Waals surface area contributed by atoms with Crippen LogP contribution >= 0.6 is 0 Å². The highest BCUT2D eigenvalue weighted by Crippen LogP contribution is 2.13. The molecule has 1 aromatic rings. The van der Waals surface area contributed by atoms with Gasteiger partial charge in [-0.2, -0.15) is 0 Å². The van der Waals surface area contributed by atoms with E-state index in [-0.39, 0.29) is 12.4 Å². The van der Waals surface area contributed by atoms with Gasteiger partial charge >= 0.3 is 5.96 Å². The fourth-order valence-electron chi connectivity index (χ4n) is 2.40. The van der Waals surface area contributed by atoms with Gasteiger partial charge in [0, 0.05) is 0 Å². The average molecular weight is 298 g/mol. The predicted molar refractivity (Wildman–Crippen MR) is 84.1 cm³/mol. The molecule has 1 aromatic carbocycles. The molecule has 3 nitrogen and oxygen atoms in total. The Morgan fingerprint density at radius 1 is 0.950 bits per heavy atom. The monoisotopic (exact) mass is 297 g/mol. The highest BCUT2D eigenvalue weighted by Gasteiger charge is 2.24. The molecule has 0 aliphatic carbocycles. The lowest BCUT2D eigenvalue weighted by Gasteiger charge is -2.26. The topological polar surface area (TPSA) is 9.49 Å². The molecule has 0 aliphatic rings. The first-order valence-electron chi connectivity index (χ1n) is 7.35. The van der Waals surface area contributed by atoms with Crippen molar-refractivity contribution in [3.63, 3.8) is 0 Å². The Morgan fingerprint density at radius 2 is 1.45 bits per heavy atom. The summed E-state index contributed by atoms with van der Waals surface area (Å²) in [5, 5.41) is 0. The molecule has 114 valence electrons. The van der Waals surface area contributed by atoms with Crippen molar-refractivity contribution in [3.8, 4) is 0 Å². The van der Waals surface area contributed by atoms with Gasteiger partial charge in [0.15, 0.2) is 0 Å². The van der Waals surface area contributed by atoms with Gasteiger partial charge in [0.05, 0.1) is 33.2 Å². The molecule has 4 heteroatoms. The molecule has 0 atom stereocenters. The van der Waals surface area contributed by atoms with Crippen LogP contribution < -0.4 is 17.3 Å². The molecule has 0 heterocycles. The first-order valence-corrected chi connectivity index (χ1v) is 7.35. The SMILES string of the molecule is CCN(CC)C(N(C)c1ccccc1)=[N+](CC)CC.[Cl-]. The van der Waals surface area contributed by atoms with Gasteiger partial charge in [-0.05, 0) is 39.8 Å². The van der Waals surface area contributed by atoms with Gasteiger partial charge in [0.1, 0.15) is 5.69 Å². The van der Waals surface area contributed by atoms with Crippen LogP contribution in [0.5, 0.6) is 0 Å². The second kappa shape index (κ2) is 9.65. The second-order valence-electron chi connectivity index (χ2n) is 4.54. The van der Waals surface area contributed by atoms with E-state index in [1.165, 1.54) is 11.6 Å². The summed E-state index contributed by atoms with van der Waals surface area (Å²) in [5.41, 5.74) is 1.23. The van der Waals surface area contributed by atoms with E-state index in [0.29, 0.717) is 0 Å². The summed E-state index contributed by atoms with van der Waals surface area (Å²) in [6, 6.07) is 10.6. The summed E-state index contributed by atoms with van der Waals surface area (Å²) < 4.78 is 2.42. The first-order chi connectivity index (χ1) is 9.19. The second-order valence-corrected chi connectivity index (χ2v) is 4.54. The number of anilines is 1. The summed E-state index contributed by atoms with van der Waals surface area (Å²) in [7, 11) is 2.15. The fraction of sp³-hybridized carbons (Fsp3) is 0.562. The van der Waals surface area contributed by atoms with E-state index in [1.54, 1.807) is 0 Å². The Bertz CT molecular complexity index is 393. The maximum atomic E-state index is 2.42. The van der Waals surface area contributed by atoms with Crippen LogP contribution in [0.2, 0.25) is 0 Å². The summed E-state index contributed by atoms with van der Waals surface area (Å²) in [4.78, 5) is 4.71. The van der Waals surface area contributed by atoms with Crippen LogP contribution in [-0.4, -0.2) is 48.7 Å². The number of halogens is 1. The molecule has 0 aromatic heterocycles. The standard InChI is InChI=1S/C16H28N3.ClH/c1-6-18(7-2)16(19(8-3)9-4)17(5)15-13-11-10-12-14-15;/h10-14H,6-9H2,1-5H3;1H/q+1;/p-1. The molecular formula is C16H28ClN3. The number of hydrogen-bond acceptors (Lipinski definition) is 0. The molecule has 1 rings (SSSR count). The summed E-state index contributed by atoms with van der Waals surface area (Å²) >= 11 is 0. The van der Waals surface area contributed by atoms with Crippen LogP contribution in [0, 0.1) is 0 Å². The normalized spacial score (nSPS) is 9.65. The lowest BCUT2D eigenvalue weighted by molar-refractivity contribution is -0.526. The minimum atomic E-state index is 0. The third-order valence-corrected chi connectivity index (χ3v) is 3.54. The van der Waals surface area contributed by atoms with Gasteiger partial charge in [-0.3, -0.25) is 9.48 Å². The number of guanidine groups is 1. The van der Waals surface area contributed by atoms with Crippen molar-refractivity contribution in [2.24, 2.45) is 0 Å². The summed E-state index contributed by atoms with van der Waals surface area (Å²) in [6.45, 7) is 13.0. The quantitative estimate of drug-likeness (QED) is 0.426. The first kappa shape index (κ1) is 18.8. The molecule has 0 unspecified atom stereocenters. The lowest BCUT2D eigenvalue weighted by atomic mass is 10.3. The van der Waals surface area contributed by atoms with E-state index >= 15 is 0 Å². The minimum absolute atomic E-state index is 0. The highest BCUT2D eigenvalue weighted by molar-refractivity contribution is 5.92. The molecule has 0 radical (unpaired) electrons. The summed E-state index contributed by atoms with van der Waals surface area (Å²) in [5.74, 6) is 1.29. The maximum absolute atomic E-state index is 2.42. The Labute approximate surface area is 130 Å². The zero-order valence-corrected chi connectivity index (χ0v) is 14.2. The van der Waals surface area contributed by atoms with E-state index in [0.717, 1.165) is 26.2 Å². The van der Waals surface area contributed by atoms with Gasteiger partial charge in [0.2, 0.25) is 0 Å². The van der Waals surface area contributed by atoms with Crippen molar-refractivity contribution in [3.05, 3.63) is 30.3 Å². The van der Waals surface area contributed by atoms with Crippen LogP contribution in [0.1, 0.15) is 27.7 Å². The van der Waals surface area contributed by atoms with Crippen LogP contribution in [-0.2, 0) is 0 Å². The molecule has 0 amide bonds. The molecule has 0 saturated heterocycles. The Morgan fingerprint density at radius 3 is 1.85 bits per heavy atom. The van der Waals surface area contributed by atoms with Crippen molar-refractivity contribution in [1.82, 2.24) is 4.90 Å². The van der Waals surface area contributed by atoms with E-state index in [9.17, 15) is 0 Å². The van der Waals surface area contributed by atoms with E-state index in [4.69, 9.17) is 0 Å². The largest absolute Gasteiger partial charge is 1.00 e. The van der Waals surface area contributed by atoms with Crippen LogP contribution in [0.25, 0.3) is 0 Å². The Kier molecular flexibility index (Phi) is 9.06. The van der Waals surface area contributed by atoms with Gasteiger partial charge < -0.3 is 12.4 Å². The number of benzene rings is 1. The van der Waals surface area contributed by atoms with Crippen LogP contribution in [0.15, 0.2) is 30.3 Å². The Balaban J connectivity index is 0.00000361. The zero-order valence-electron chi connectivity index (χ0n) is 13.4. The maximum Gasteiger partial charge on any atom is 0.355 e. The van der Waals surface area contributed by atoms with Crippen molar-refractivity contribution >= 4 is 11.6 Å². The number of hydrogen-bond donors (Lipinski definition) is 0. The van der Waals surface area contributed by atoms with Gasteiger partial charge in [-0.1, -0.05) is 18.2 Å². The average Bonchev–Trinajstić information content (AvgIpc) is 2.48. The van der Waals surface area contributed by atoms with Crippen LogP contribution in [0.4, 0.5) is 5.69 Å². The van der Waals surface area contributed by atoms with Gasteiger partial charge in [-0.25, -0.2) is 4.90 Å². The number of rotatable bonds is 5. The molecule has 0 fully saturated rings. The smallest absolute Gasteiger partial charge is 0.355 e. The number of nitrogens with zero attached hydrogens (tertiary/aromatic N) is 3. The predicted octanol–water partition coefficient (Wildman–Crippen LogP) is -0.123. The highest BCUT2D eigenvalue weighted by atomic mass is 35.5. The third kappa shape index (κ3) is 4.41. The zero-order chi connectivity index (χ0) is 14.3. The van der Waals surface area contributed by atoms with Crippen molar-refractivity contribution in [2.45, 2.75) is 27.7 Å². The lowest BCUT2D eigenvalue weighted by Crippen LogP contribution is -3.00. The van der Waals surface area contributed by atoms with Crippen LogP contribution in [0.3, 0.4) is 0 Å². The van der Waals surface area contributed by atoms with Crippen molar-refractivity contribution in [2.75, 3.05) is 38.1 Å². The summed E-state index contributed by atoms with van der Waals surface area (Å²) in [6.07, 6.45) is 0. The van der Waals surface area contributed by atoms with Crippen molar-refractivity contribution < 1.29 is 17.0 Å². The molecule has 0 spiro atoms. The molecule has 0 saturated carbocycles. The van der Waals surface area contributed by atoms with E-state index in [1.807, 2.05) is 0 Å². The number of para-hydroxylation sites is 1. The molecule has 0 bridgehead atoms. The van der Waals surface area contributed by atoms with Gasteiger partial charge in [0.25, 0.3) is 0 Å². The third-order valence-electron chi connectivity index (χ3n) is 3.54. The van der Waals surface area contributed by atoms with Gasteiger partial charge in [-0.15, -0.1) is 0 Å². The molecule has 0 N–H and O–H groups in total. The van der Waals surface area contributed by atoms with E-state index in [2.05, 4.69) is 79.4 Å². The molecule has 0 aliphatic heterocycles. The minimum Gasteiger partial charge on any atom is -1.00 e.